The van der Waals surface area contributed by atoms with Crippen molar-refractivity contribution >= 4 is 28.9 Å². The predicted molar refractivity (Wildman–Crippen MR) is 134 cm³/mol. The number of piperazine rings is 1. The van der Waals surface area contributed by atoms with Gasteiger partial charge >= 0.3 is 0 Å². The fraction of sp³-hybridized carbons (Fsp3) is 0.333. The fourth-order valence-corrected chi connectivity index (χ4v) is 5.26. The van der Waals surface area contributed by atoms with E-state index in [2.05, 4.69) is 22.0 Å². The van der Waals surface area contributed by atoms with Gasteiger partial charge in [-0.1, -0.05) is 29.8 Å². The predicted octanol–water partition coefficient (Wildman–Crippen LogP) is 5.24. The standard InChI is InChI=1S/C27H27ClF2N4O/c1-18-20(27(35)33-14-12-32(13-15-33)19-6-3-2-4-7-19)16-31-24-8-5-11-34(26(18)24)17-21-22(29)9-10-23(30)25(21)28/h2-4,6-7,9-10,16H,5,8,11-15,17H2,1H3. The van der Waals surface area contributed by atoms with Crippen molar-refractivity contribution in [2.75, 3.05) is 42.5 Å². The Labute approximate surface area is 208 Å². The SMILES string of the molecule is Cc1c(C(=O)N2CCN(c3ccccc3)CC2)cnc2c1N(Cc1c(F)ccc(F)c1Cl)CCC2. The van der Waals surface area contributed by atoms with Gasteiger partial charge in [-0.25, -0.2) is 8.78 Å². The molecule has 0 radical (unpaired) electrons. The van der Waals surface area contributed by atoms with Crippen LogP contribution in [0.15, 0.2) is 48.7 Å². The molecule has 0 aliphatic carbocycles. The molecule has 0 bridgehead atoms. The van der Waals surface area contributed by atoms with Crippen LogP contribution in [0, 0.1) is 18.6 Å². The second-order valence-corrected chi connectivity index (χ2v) is 9.43. The van der Waals surface area contributed by atoms with Crippen LogP contribution in [0.3, 0.4) is 0 Å². The first kappa shape index (κ1) is 23.5. The molecule has 2 aromatic carbocycles. The van der Waals surface area contributed by atoms with E-state index in [0.717, 1.165) is 60.7 Å². The normalized spacial score (nSPS) is 15.8. The molecular formula is C27H27ClF2N4O. The number of aromatic nitrogens is 1. The summed E-state index contributed by atoms with van der Waals surface area (Å²) in [5.74, 6) is -1.24. The fourth-order valence-electron chi connectivity index (χ4n) is 5.05. The zero-order valence-electron chi connectivity index (χ0n) is 19.6. The van der Waals surface area contributed by atoms with E-state index in [9.17, 15) is 13.6 Å². The number of fused-ring (bicyclic) bond motifs is 1. The number of para-hydroxylation sites is 1. The Balaban J connectivity index is 1.38. The maximum absolute atomic E-state index is 14.5. The van der Waals surface area contributed by atoms with E-state index >= 15 is 0 Å². The van der Waals surface area contributed by atoms with Crippen LogP contribution >= 0.6 is 11.6 Å². The molecule has 0 saturated carbocycles. The second kappa shape index (κ2) is 9.82. The molecule has 0 atom stereocenters. The van der Waals surface area contributed by atoms with Crippen molar-refractivity contribution in [3.05, 3.63) is 87.7 Å². The zero-order valence-corrected chi connectivity index (χ0v) is 20.4. The van der Waals surface area contributed by atoms with Crippen LogP contribution in [0.25, 0.3) is 0 Å². The molecule has 0 spiro atoms. The molecule has 1 fully saturated rings. The van der Waals surface area contributed by atoms with E-state index < -0.39 is 11.6 Å². The molecule has 1 aromatic heterocycles. The summed E-state index contributed by atoms with van der Waals surface area (Å²) in [6.07, 6.45) is 3.28. The smallest absolute Gasteiger partial charge is 0.255 e. The Bertz CT molecular complexity index is 1250. The van der Waals surface area contributed by atoms with Gasteiger partial charge in [-0.05, 0) is 49.6 Å². The molecule has 35 heavy (non-hydrogen) atoms. The van der Waals surface area contributed by atoms with Crippen molar-refractivity contribution in [1.29, 1.82) is 0 Å². The number of carbonyl (C=O) groups excluding carboxylic acids is 1. The van der Waals surface area contributed by atoms with Gasteiger partial charge < -0.3 is 14.7 Å². The van der Waals surface area contributed by atoms with Gasteiger partial charge in [0.05, 0.1) is 22.0 Å². The lowest BCUT2D eigenvalue weighted by Gasteiger charge is -2.37. The van der Waals surface area contributed by atoms with E-state index in [0.29, 0.717) is 25.2 Å². The number of hydrogen-bond acceptors (Lipinski definition) is 4. The number of nitrogens with zero attached hydrogens (tertiary/aromatic N) is 4. The summed E-state index contributed by atoms with van der Waals surface area (Å²) in [6.45, 7) is 5.44. The number of benzene rings is 2. The molecule has 0 N–H and O–H groups in total. The summed E-state index contributed by atoms with van der Waals surface area (Å²) >= 11 is 6.10. The third-order valence-corrected chi connectivity index (χ3v) is 7.36. The van der Waals surface area contributed by atoms with Crippen molar-refractivity contribution in [3.63, 3.8) is 0 Å². The largest absolute Gasteiger partial charge is 0.368 e. The highest BCUT2D eigenvalue weighted by molar-refractivity contribution is 6.31. The Morgan fingerprint density at radius 3 is 2.46 bits per heavy atom. The van der Waals surface area contributed by atoms with E-state index in [1.807, 2.05) is 34.9 Å². The first-order chi connectivity index (χ1) is 16.9. The summed E-state index contributed by atoms with van der Waals surface area (Å²) in [4.78, 5) is 24.2. The highest BCUT2D eigenvalue weighted by atomic mass is 35.5. The number of rotatable bonds is 4. The van der Waals surface area contributed by atoms with Crippen molar-refractivity contribution in [2.45, 2.75) is 26.3 Å². The number of aryl methyl sites for hydroxylation is 1. The van der Waals surface area contributed by atoms with Crippen molar-refractivity contribution in [2.24, 2.45) is 0 Å². The summed E-state index contributed by atoms with van der Waals surface area (Å²) < 4.78 is 28.5. The average Bonchev–Trinajstić information content (AvgIpc) is 2.89. The minimum Gasteiger partial charge on any atom is -0.368 e. The molecule has 3 heterocycles. The molecular weight excluding hydrogens is 470 g/mol. The van der Waals surface area contributed by atoms with Gasteiger partial charge in [-0.2, -0.15) is 0 Å². The maximum atomic E-state index is 14.5. The van der Waals surface area contributed by atoms with Gasteiger partial charge in [0.25, 0.3) is 5.91 Å². The third-order valence-electron chi connectivity index (χ3n) is 6.95. The summed E-state index contributed by atoms with van der Waals surface area (Å²) in [5.41, 5.74) is 4.34. The van der Waals surface area contributed by atoms with Gasteiger partial charge in [-0.3, -0.25) is 9.78 Å². The first-order valence-corrected chi connectivity index (χ1v) is 12.3. The van der Waals surface area contributed by atoms with Crippen molar-refractivity contribution in [1.82, 2.24) is 9.88 Å². The molecule has 5 nitrogen and oxygen atoms in total. The lowest BCUT2D eigenvalue weighted by Crippen LogP contribution is -2.49. The molecule has 2 aliphatic rings. The van der Waals surface area contributed by atoms with Crippen LogP contribution in [0.5, 0.6) is 0 Å². The molecule has 2 aliphatic heterocycles. The van der Waals surface area contributed by atoms with E-state index in [-0.39, 0.29) is 23.0 Å². The molecule has 1 saturated heterocycles. The second-order valence-electron chi connectivity index (χ2n) is 9.05. The third kappa shape index (κ3) is 4.57. The number of amides is 1. The lowest BCUT2D eigenvalue weighted by atomic mass is 9.98. The highest BCUT2D eigenvalue weighted by Gasteiger charge is 2.29. The number of anilines is 2. The van der Waals surface area contributed by atoms with Gasteiger partial charge in [0, 0.05) is 56.7 Å². The van der Waals surface area contributed by atoms with E-state index in [1.165, 1.54) is 0 Å². The van der Waals surface area contributed by atoms with Crippen LogP contribution in [0.1, 0.15) is 33.6 Å². The average molecular weight is 497 g/mol. The number of halogens is 3. The van der Waals surface area contributed by atoms with Crippen LogP contribution < -0.4 is 9.80 Å². The molecule has 182 valence electrons. The topological polar surface area (TPSA) is 39.7 Å². The molecule has 5 rings (SSSR count). The monoisotopic (exact) mass is 496 g/mol. The summed E-state index contributed by atoms with van der Waals surface area (Å²) in [7, 11) is 0. The first-order valence-electron chi connectivity index (χ1n) is 11.9. The van der Waals surface area contributed by atoms with Crippen LogP contribution in [-0.4, -0.2) is 48.5 Å². The van der Waals surface area contributed by atoms with Gasteiger partial charge in [0.1, 0.15) is 11.6 Å². The Kier molecular flexibility index (Phi) is 6.60. The Morgan fingerprint density at radius 1 is 1.00 bits per heavy atom. The van der Waals surface area contributed by atoms with Gasteiger partial charge in [0.2, 0.25) is 0 Å². The maximum Gasteiger partial charge on any atom is 0.255 e. The van der Waals surface area contributed by atoms with Crippen molar-refractivity contribution < 1.29 is 13.6 Å². The molecule has 0 unspecified atom stereocenters. The van der Waals surface area contributed by atoms with Crippen LogP contribution in [0.2, 0.25) is 5.02 Å². The molecule has 3 aromatic rings. The number of hydrogen-bond donors (Lipinski definition) is 0. The zero-order chi connectivity index (χ0) is 24.5. The quantitative estimate of drug-likeness (QED) is 0.463. The minimum atomic E-state index is -0.645. The summed E-state index contributed by atoms with van der Waals surface area (Å²) in [5, 5.41) is -0.203. The highest BCUT2D eigenvalue weighted by Crippen LogP contribution is 2.35. The Hall–Kier alpha value is -3.19. The summed E-state index contributed by atoms with van der Waals surface area (Å²) in [6, 6.07) is 12.3. The van der Waals surface area contributed by atoms with E-state index in [4.69, 9.17) is 11.6 Å². The number of carbonyl (C=O) groups is 1. The lowest BCUT2D eigenvalue weighted by molar-refractivity contribution is 0.0745. The number of pyridine rings is 1. The minimum absolute atomic E-state index is 0.0500. The van der Waals surface area contributed by atoms with E-state index in [1.54, 1.807) is 6.20 Å². The van der Waals surface area contributed by atoms with Gasteiger partial charge in [-0.15, -0.1) is 0 Å². The Morgan fingerprint density at radius 2 is 1.71 bits per heavy atom. The molecule has 8 heteroatoms. The van der Waals surface area contributed by atoms with Crippen LogP contribution in [0.4, 0.5) is 20.2 Å². The van der Waals surface area contributed by atoms with Crippen LogP contribution in [-0.2, 0) is 13.0 Å². The van der Waals surface area contributed by atoms with Gasteiger partial charge in [0.15, 0.2) is 0 Å². The molecule has 1 amide bonds. The van der Waals surface area contributed by atoms with Crippen molar-refractivity contribution in [3.8, 4) is 0 Å².